The first-order chi connectivity index (χ1) is 12.2. The summed E-state index contributed by atoms with van der Waals surface area (Å²) in [6.45, 7) is 0. The molecule has 1 aromatic heterocycles. The van der Waals surface area contributed by atoms with Crippen molar-refractivity contribution >= 4 is 33.5 Å². The van der Waals surface area contributed by atoms with Gasteiger partial charge in [-0.2, -0.15) is 5.26 Å². The van der Waals surface area contributed by atoms with Crippen LogP contribution in [0.15, 0.2) is 78.9 Å². The summed E-state index contributed by atoms with van der Waals surface area (Å²) in [5, 5.41) is 10.1. The minimum atomic E-state index is 0.655. The zero-order valence-corrected chi connectivity index (χ0v) is 15.4. The molecule has 0 unspecified atom stereocenters. The van der Waals surface area contributed by atoms with Crippen LogP contribution in [0.1, 0.15) is 5.56 Å². The number of benzene rings is 3. The van der Waals surface area contributed by atoms with Gasteiger partial charge < -0.3 is 0 Å². The van der Waals surface area contributed by atoms with E-state index in [4.69, 9.17) is 10.2 Å². The molecule has 0 atom stereocenters. The second-order valence-electron chi connectivity index (χ2n) is 5.77. The first-order valence-electron chi connectivity index (χ1n) is 7.91. The zero-order valence-electron chi connectivity index (χ0n) is 13.3. The Bertz CT molecular complexity index is 1090. The van der Waals surface area contributed by atoms with Gasteiger partial charge in [0.05, 0.1) is 22.8 Å². The van der Waals surface area contributed by atoms with E-state index >= 15 is 0 Å². The predicted molar refractivity (Wildman–Crippen MR) is 110 cm³/mol. The number of nitrogens with zero attached hydrogens (tertiary/aromatic N) is 2. The van der Waals surface area contributed by atoms with Gasteiger partial charge in [0.15, 0.2) is 0 Å². The monoisotopic (exact) mass is 432 g/mol. The van der Waals surface area contributed by atoms with Crippen molar-refractivity contribution < 1.29 is 0 Å². The third-order valence-corrected chi connectivity index (χ3v) is 4.84. The van der Waals surface area contributed by atoms with Crippen LogP contribution in [0.4, 0.5) is 0 Å². The van der Waals surface area contributed by atoms with Gasteiger partial charge in [-0.25, -0.2) is 4.98 Å². The van der Waals surface area contributed by atoms with Crippen LogP contribution in [0.25, 0.3) is 33.3 Å². The fourth-order valence-corrected chi connectivity index (χ4v) is 3.41. The van der Waals surface area contributed by atoms with Gasteiger partial charge in [0.2, 0.25) is 0 Å². The van der Waals surface area contributed by atoms with Crippen molar-refractivity contribution in [3.8, 4) is 28.5 Å². The third kappa shape index (κ3) is 3.13. The fraction of sp³-hybridized carbons (Fsp3) is 0. The van der Waals surface area contributed by atoms with Gasteiger partial charge in [0.25, 0.3) is 0 Å². The molecule has 0 bridgehead atoms. The Kier molecular flexibility index (Phi) is 4.21. The minimum Gasteiger partial charge on any atom is -0.248 e. The number of pyridine rings is 1. The molecule has 0 aliphatic carbocycles. The highest BCUT2D eigenvalue weighted by atomic mass is 127. The Morgan fingerprint density at radius 2 is 1.56 bits per heavy atom. The number of rotatable bonds is 2. The van der Waals surface area contributed by atoms with E-state index in [1.165, 1.54) is 14.7 Å². The quantitative estimate of drug-likeness (QED) is 0.362. The summed E-state index contributed by atoms with van der Waals surface area (Å²) >= 11 is 2.33. The maximum Gasteiger partial charge on any atom is 0.0991 e. The Morgan fingerprint density at radius 3 is 2.28 bits per heavy atom. The van der Waals surface area contributed by atoms with Gasteiger partial charge in [0, 0.05) is 14.5 Å². The average Bonchev–Trinajstić information content (AvgIpc) is 2.68. The summed E-state index contributed by atoms with van der Waals surface area (Å²) in [5.41, 5.74) is 5.90. The van der Waals surface area contributed by atoms with Crippen molar-refractivity contribution in [2.75, 3.05) is 0 Å². The van der Waals surface area contributed by atoms with Crippen molar-refractivity contribution in [3.05, 3.63) is 88.0 Å². The lowest BCUT2D eigenvalue weighted by atomic mass is 9.98. The van der Waals surface area contributed by atoms with Gasteiger partial charge >= 0.3 is 0 Å². The molecule has 25 heavy (non-hydrogen) atoms. The molecule has 0 N–H and O–H groups in total. The number of nitriles is 1. The third-order valence-electron chi connectivity index (χ3n) is 4.17. The predicted octanol–water partition coefficient (Wildman–Crippen LogP) is 6.05. The van der Waals surface area contributed by atoms with Gasteiger partial charge in [-0.1, -0.05) is 42.5 Å². The minimum absolute atomic E-state index is 0.655. The molecule has 0 aliphatic rings. The highest BCUT2D eigenvalue weighted by molar-refractivity contribution is 14.1. The Hall–Kier alpha value is -2.71. The van der Waals surface area contributed by atoms with Crippen molar-refractivity contribution in [1.82, 2.24) is 4.98 Å². The molecule has 0 spiro atoms. The molecule has 3 heteroatoms. The van der Waals surface area contributed by atoms with Crippen LogP contribution >= 0.6 is 22.6 Å². The summed E-state index contributed by atoms with van der Waals surface area (Å²) in [7, 11) is 0. The van der Waals surface area contributed by atoms with Gasteiger partial charge in [-0.05, 0) is 70.1 Å². The summed E-state index contributed by atoms with van der Waals surface area (Å²) in [4.78, 5) is 4.84. The van der Waals surface area contributed by atoms with Crippen LogP contribution in [0.2, 0.25) is 0 Å². The lowest BCUT2D eigenvalue weighted by molar-refractivity contribution is 1.39. The highest BCUT2D eigenvalue weighted by Crippen LogP contribution is 2.32. The molecule has 118 valence electrons. The largest absolute Gasteiger partial charge is 0.248 e. The van der Waals surface area contributed by atoms with Crippen molar-refractivity contribution in [1.29, 1.82) is 5.26 Å². The van der Waals surface area contributed by atoms with E-state index in [0.29, 0.717) is 5.56 Å². The standard InChI is InChI=1S/C22H13IN2/c23-18-10-11-21-20(12-18)19(16-4-2-1-3-5-16)13-22(25-21)17-8-6-15(14-24)7-9-17/h1-13H. The summed E-state index contributed by atoms with van der Waals surface area (Å²) < 4.78 is 1.19. The molecule has 0 fully saturated rings. The first-order valence-corrected chi connectivity index (χ1v) is 8.99. The van der Waals surface area contributed by atoms with Crippen LogP contribution in [0.5, 0.6) is 0 Å². The Labute approximate surface area is 159 Å². The summed E-state index contributed by atoms with van der Waals surface area (Å²) in [6.07, 6.45) is 0. The van der Waals surface area contributed by atoms with E-state index in [2.05, 4.69) is 77.2 Å². The van der Waals surface area contributed by atoms with Gasteiger partial charge in [-0.15, -0.1) is 0 Å². The molecule has 0 aliphatic heterocycles. The molecule has 4 rings (SSSR count). The lowest BCUT2D eigenvalue weighted by Gasteiger charge is -2.11. The molecule has 0 radical (unpaired) electrons. The topological polar surface area (TPSA) is 36.7 Å². The zero-order chi connectivity index (χ0) is 17.2. The van der Waals surface area contributed by atoms with Crippen LogP contribution in [0.3, 0.4) is 0 Å². The maximum absolute atomic E-state index is 8.99. The van der Waals surface area contributed by atoms with Crippen molar-refractivity contribution in [3.63, 3.8) is 0 Å². The van der Waals surface area contributed by atoms with Crippen molar-refractivity contribution in [2.24, 2.45) is 0 Å². The molecule has 2 nitrogen and oxygen atoms in total. The molecule has 3 aromatic carbocycles. The smallest absolute Gasteiger partial charge is 0.0991 e. The van der Waals surface area contributed by atoms with Crippen LogP contribution in [-0.2, 0) is 0 Å². The van der Waals surface area contributed by atoms with E-state index in [9.17, 15) is 0 Å². The number of halogens is 1. The second kappa shape index (κ2) is 6.66. The molecule has 0 saturated carbocycles. The van der Waals surface area contributed by atoms with E-state index in [0.717, 1.165) is 22.2 Å². The SMILES string of the molecule is N#Cc1ccc(-c2cc(-c3ccccc3)c3cc(I)ccc3n2)cc1. The number of hydrogen-bond acceptors (Lipinski definition) is 2. The van der Waals surface area contributed by atoms with E-state index in [1.807, 2.05) is 30.3 Å². The lowest BCUT2D eigenvalue weighted by Crippen LogP contribution is -1.91. The number of hydrogen-bond donors (Lipinski definition) is 0. The van der Waals surface area contributed by atoms with E-state index in [-0.39, 0.29) is 0 Å². The molecule has 4 aromatic rings. The highest BCUT2D eigenvalue weighted by Gasteiger charge is 2.10. The summed E-state index contributed by atoms with van der Waals surface area (Å²) in [6, 6.07) is 28.6. The average molecular weight is 432 g/mol. The number of aromatic nitrogens is 1. The normalized spacial score (nSPS) is 10.6. The molecule has 1 heterocycles. The van der Waals surface area contributed by atoms with Crippen LogP contribution < -0.4 is 0 Å². The maximum atomic E-state index is 8.99. The molecule has 0 amide bonds. The Morgan fingerprint density at radius 1 is 0.800 bits per heavy atom. The van der Waals surface area contributed by atoms with Crippen molar-refractivity contribution in [2.45, 2.75) is 0 Å². The fourth-order valence-electron chi connectivity index (χ4n) is 2.92. The molecular formula is C22H13IN2. The van der Waals surface area contributed by atoms with E-state index in [1.54, 1.807) is 0 Å². The molecular weight excluding hydrogens is 419 g/mol. The second-order valence-corrected chi connectivity index (χ2v) is 7.02. The van der Waals surface area contributed by atoms with Crippen LogP contribution in [0, 0.1) is 14.9 Å². The van der Waals surface area contributed by atoms with Crippen LogP contribution in [-0.4, -0.2) is 4.98 Å². The Balaban J connectivity index is 1.98. The molecule has 0 saturated heterocycles. The first kappa shape index (κ1) is 15.8. The number of fused-ring (bicyclic) bond motifs is 1. The van der Waals surface area contributed by atoms with Gasteiger partial charge in [-0.3, -0.25) is 0 Å². The van der Waals surface area contributed by atoms with E-state index < -0.39 is 0 Å². The summed E-state index contributed by atoms with van der Waals surface area (Å²) in [5.74, 6) is 0. The van der Waals surface area contributed by atoms with Gasteiger partial charge in [0.1, 0.15) is 0 Å².